The zero-order valence-electron chi connectivity index (χ0n) is 22.9. The Morgan fingerprint density at radius 2 is 1.76 bits per heavy atom. The molecule has 1 aliphatic rings. The van der Waals surface area contributed by atoms with E-state index in [1.54, 1.807) is 53.4 Å². The van der Waals surface area contributed by atoms with Crippen molar-refractivity contribution in [3.63, 3.8) is 0 Å². The van der Waals surface area contributed by atoms with Gasteiger partial charge in [-0.25, -0.2) is 9.37 Å². The fourth-order valence-corrected chi connectivity index (χ4v) is 4.90. The van der Waals surface area contributed by atoms with E-state index in [9.17, 15) is 27.2 Å². The first-order chi connectivity index (χ1) is 19.9. The van der Waals surface area contributed by atoms with Crippen LogP contribution in [0.5, 0.6) is 0 Å². The highest BCUT2D eigenvalue weighted by atomic mass is 19.4. The van der Waals surface area contributed by atoms with Crippen molar-refractivity contribution in [1.29, 1.82) is 0 Å². The molecule has 6 nitrogen and oxygen atoms in total. The van der Waals surface area contributed by atoms with E-state index in [1.165, 1.54) is 25.3 Å². The zero-order valence-corrected chi connectivity index (χ0v) is 22.9. The molecule has 1 amide bonds. The molecule has 0 bridgehead atoms. The lowest BCUT2D eigenvalue weighted by molar-refractivity contribution is -0.136. The maximum atomic E-state index is 14.1. The van der Waals surface area contributed by atoms with Gasteiger partial charge in [-0.2, -0.15) is 13.2 Å². The first-order valence-electron chi connectivity index (χ1n) is 13.5. The van der Waals surface area contributed by atoms with Crippen LogP contribution in [-0.2, 0) is 17.4 Å². The average Bonchev–Trinajstić information content (AvgIpc) is 3.37. The molecule has 2 aromatic carbocycles. The summed E-state index contributed by atoms with van der Waals surface area (Å²) in [6, 6.07) is 13.8. The Hall–Kier alpha value is -4.47. The van der Waals surface area contributed by atoms with Crippen molar-refractivity contribution >= 4 is 34.6 Å². The van der Waals surface area contributed by atoms with Crippen LogP contribution >= 0.6 is 0 Å². The molecule has 3 heterocycles. The first-order valence-corrected chi connectivity index (χ1v) is 13.5. The van der Waals surface area contributed by atoms with Crippen LogP contribution in [0, 0.1) is 0 Å². The molecule has 0 atom stereocenters. The third-order valence-electron chi connectivity index (χ3n) is 7.42. The number of nitrogen functional groups attached to an aromatic ring is 1. The molecule has 2 aromatic heterocycles. The number of anilines is 1. The number of rotatable bonds is 7. The standard InChI is InChI=1S/C32H29F4N3O3/c1-31(33)12-14-39(15-13-31)30(41)22-6-4-21(5-7-22)23-16-24-17-26(42-29(24)27(18-23)32(34,35)36)10-9-25(40)8-2-20-3-11-28(37)38-19-20/h2-8,11,16-19H,9-10,12-15H2,1H3,(H2,37,38)/b8-2+. The molecule has 0 saturated carbocycles. The minimum absolute atomic E-state index is 0.0456. The predicted octanol–water partition coefficient (Wildman–Crippen LogP) is 7.28. The Morgan fingerprint density at radius 3 is 2.40 bits per heavy atom. The van der Waals surface area contributed by atoms with Crippen molar-refractivity contribution in [3.05, 3.63) is 89.3 Å². The van der Waals surface area contributed by atoms with Crippen molar-refractivity contribution in [2.45, 2.75) is 44.5 Å². The van der Waals surface area contributed by atoms with Crippen LogP contribution in [0.2, 0.25) is 0 Å². The SMILES string of the molecule is CC1(F)CCN(C(=O)c2ccc(-c3cc(C(F)(F)F)c4oc(CCC(=O)/C=C/c5ccc(N)nc5)cc4c3)cc2)CC1. The van der Waals surface area contributed by atoms with Gasteiger partial charge in [0.15, 0.2) is 5.78 Å². The number of benzene rings is 2. The monoisotopic (exact) mass is 579 g/mol. The third kappa shape index (κ3) is 6.70. The van der Waals surface area contributed by atoms with E-state index in [0.29, 0.717) is 41.2 Å². The largest absolute Gasteiger partial charge is 0.460 e. The predicted molar refractivity (Wildman–Crippen MR) is 152 cm³/mol. The molecule has 0 radical (unpaired) electrons. The molecule has 218 valence electrons. The number of aryl methyl sites for hydroxylation is 1. The van der Waals surface area contributed by atoms with Crippen LogP contribution in [0.25, 0.3) is 28.2 Å². The molecule has 1 fully saturated rings. The summed E-state index contributed by atoms with van der Waals surface area (Å²) in [4.78, 5) is 30.7. The Bertz CT molecular complexity index is 1630. The lowest BCUT2D eigenvalue weighted by Crippen LogP contribution is -2.43. The number of amides is 1. The van der Waals surface area contributed by atoms with E-state index < -0.39 is 17.4 Å². The van der Waals surface area contributed by atoms with Crippen molar-refractivity contribution in [2.75, 3.05) is 18.8 Å². The number of alkyl halides is 4. The number of aromatic nitrogens is 1. The number of carbonyl (C=O) groups excluding carboxylic acids is 2. The van der Waals surface area contributed by atoms with Gasteiger partial charge in [-0.15, -0.1) is 0 Å². The van der Waals surface area contributed by atoms with Crippen LogP contribution in [0.4, 0.5) is 23.4 Å². The summed E-state index contributed by atoms with van der Waals surface area (Å²) in [5.74, 6) is 0.160. The van der Waals surface area contributed by atoms with Crippen LogP contribution < -0.4 is 5.73 Å². The number of piperidine rings is 1. The van der Waals surface area contributed by atoms with Crippen molar-refractivity contribution in [1.82, 2.24) is 9.88 Å². The Morgan fingerprint density at radius 1 is 1.05 bits per heavy atom. The summed E-state index contributed by atoms with van der Waals surface area (Å²) in [6.07, 6.45) is 0.509. The Labute approximate surface area is 239 Å². The number of halogens is 4. The highest BCUT2D eigenvalue weighted by molar-refractivity contribution is 5.95. The highest BCUT2D eigenvalue weighted by Crippen LogP contribution is 2.39. The van der Waals surface area contributed by atoms with Gasteiger partial charge in [-0.3, -0.25) is 9.59 Å². The summed E-state index contributed by atoms with van der Waals surface area (Å²) in [5, 5.41) is 0.258. The molecule has 0 aliphatic carbocycles. The average molecular weight is 580 g/mol. The maximum Gasteiger partial charge on any atom is 0.420 e. The molecule has 5 rings (SSSR count). The molecule has 0 unspecified atom stereocenters. The number of ketones is 1. The maximum absolute atomic E-state index is 14.1. The number of furan rings is 1. The second-order valence-corrected chi connectivity index (χ2v) is 10.8. The number of hydrogen-bond donors (Lipinski definition) is 1. The number of pyridine rings is 1. The Kier molecular flexibility index (Phi) is 7.90. The number of likely N-dealkylation sites (tertiary alicyclic amines) is 1. The second-order valence-electron chi connectivity index (χ2n) is 10.8. The van der Waals surface area contributed by atoms with Crippen LogP contribution in [-0.4, -0.2) is 40.3 Å². The minimum Gasteiger partial charge on any atom is -0.460 e. The van der Waals surface area contributed by atoms with Crippen molar-refractivity contribution in [2.24, 2.45) is 0 Å². The Balaban J connectivity index is 1.33. The summed E-state index contributed by atoms with van der Waals surface area (Å²) in [6.45, 7) is 2.14. The molecular formula is C32H29F4N3O3. The molecule has 0 spiro atoms. The zero-order chi connectivity index (χ0) is 30.1. The van der Waals surface area contributed by atoms with Crippen molar-refractivity contribution < 1.29 is 31.6 Å². The number of fused-ring (bicyclic) bond motifs is 1. The van der Waals surface area contributed by atoms with Gasteiger partial charge in [0.2, 0.25) is 0 Å². The number of carbonyl (C=O) groups is 2. The van der Waals surface area contributed by atoms with Gasteiger partial charge >= 0.3 is 6.18 Å². The fraction of sp³-hybridized carbons (Fsp3) is 0.281. The number of nitrogens with two attached hydrogens (primary N) is 1. The summed E-state index contributed by atoms with van der Waals surface area (Å²) < 4.78 is 61.8. The number of nitrogens with zero attached hydrogens (tertiary/aromatic N) is 2. The highest BCUT2D eigenvalue weighted by Gasteiger charge is 2.35. The van der Waals surface area contributed by atoms with E-state index in [-0.39, 0.29) is 54.1 Å². The molecular weight excluding hydrogens is 550 g/mol. The number of hydrogen-bond acceptors (Lipinski definition) is 5. The van der Waals surface area contributed by atoms with Crippen LogP contribution in [0.15, 0.2) is 71.3 Å². The van der Waals surface area contributed by atoms with Gasteiger partial charge in [0.25, 0.3) is 5.91 Å². The lowest BCUT2D eigenvalue weighted by atomic mass is 9.95. The lowest BCUT2D eigenvalue weighted by Gasteiger charge is -2.34. The van der Waals surface area contributed by atoms with Crippen LogP contribution in [0.3, 0.4) is 0 Å². The van der Waals surface area contributed by atoms with E-state index in [1.807, 2.05) is 0 Å². The van der Waals surface area contributed by atoms with Crippen LogP contribution in [0.1, 0.15) is 53.4 Å². The van der Waals surface area contributed by atoms with E-state index in [4.69, 9.17) is 10.2 Å². The van der Waals surface area contributed by atoms with Gasteiger partial charge in [-0.05, 0) is 91.1 Å². The normalized spacial score (nSPS) is 15.4. The summed E-state index contributed by atoms with van der Waals surface area (Å²) in [5.41, 5.74) is 4.92. The molecule has 1 saturated heterocycles. The number of allylic oxidation sites excluding steroid dienone is 1. The van der Waals surface area contributed by atoms with E-state index in [2.05, 4.69) is 4.98 Å². The van der Waals surface area contributed by atoms with Gasteiger partial charge in [-0.1, -0.05) is 12.1 Å². The molecule has 4 aromatic rings. The summed E-state index contributed by atoms with van der Waals surface area (Å²) in [7, 11) is 0. The fourth-order valence-electron chi connectivity index (χ4n) is 4.90. The summed E-state index contributed by atoms with van der Waals surface area (Å²) >= 11 is 0. The second kappa shape index (κ2) is 11.4. The van der Waals surface area contributed by atoms with Gasteiger partial charge in [0, 0.05) is 43.1 Å². The molecule has 42 heavy (non-hydrogen) atoms. The first kappa shape index (κ1) is 29.0. The smallest absolute Gasteiger partial charge is 0.420 e. The van der Waals surface area contributed by atoms with Gasteiger partial charge in [0.1, 0.15) is 22.8 Å². The third-order valence-corrected chi connectivity index (χ3v) is 7.42. The van der Waals surface area contributed by atoms with Gasteiger partial charge < -0.3 is 15.1 Å². The topological polar surface area (TPSA) is 89.4 Å². The van der Waals surface area contributed by atoms with Crippen molar-refractivity contribution in [3.8, 4) is 11.1 Å². The van der Waals surface area contributed by atoms with E-state index in [0.717, 1.165) is 6.07 Å². The van der Waals surface area contributed by atoms with Gasteiger partial charge in [0.05, 0.1) is 5.56 Å². The molecule has 1 aliphatic heterocycles. The molecule has 2 N–H and O–H groups in total. The quantitative estimate of drug-likeness (QED) is 0.184. The molecule has 10 heteroatoms. The van der Waals surface area contributed by atoms with E-state index >= 15 is 0 Å². The minimum atomic E-state index is -4.68.